The molecule has 1 unspecified atom stereocenters. The van der Waals surface area contributed by atoms with E-state index in [4.69, 9.17) is 14.5 Å². The van der Waals surface area contributed by atoms with Crippen LogP contribution in [0, 0.1) is 5.41 Å². The van der Waals surface area contributed by atoms with E-state index >= 15 is 0 Å². The van der Waals surface area contributed by atoms with Crippen molar-refractivity contribution in [3.63, 3.8) is 0 Å². The normalized spacial score (nSPS) is 18.1. The molecular weight excluding hydrogens is 433 g/mol. The number of aliphatic hydroxyl groups is 1. The highest BCUT2D eigenvalue weighted by Gasteiger charge is 2.25. The summed E-state index contributed by atoms with van der Waals surface area (Å²) in [6.45, 7) is 11.4. The van der Waals surface area contributed by atoms with Crippen molar-refractivity contribution in [3.05, 3.63) is 0 Å². The van der Waals surface area contributed by atoms with E-state index in [2.05, 4.69) is 31.4 Å². The number of rotatable bonds is 12. The number of hydrogen-bond donors (Lipinski definition) is 3. The minimum absolute atomic E-state index is 0. The highest BCUT2D eigenvalue weighted by Crippen LogP contribution is 2.30. The van der Waals surface area contributed by atoms with Crippen molar-refractivity contribution in [2.45, 2.75) is 59.0 Å². The third kappa shape index (κ3) is 9.96. The number of aliphatic hydroxyl groups excluding tert-OH is 1. The molecule has 1 aliphatic heterocycles. The average molecular weight is 471 g/mol. The molecule has 0 aromatic carbocycles. The van der Waals surface area contributed by atoms with Gasteiger partial charge in [-0.3, -0.25) is 4.99 Å². The predicted octanol–water partition coefficient (Wildman–Crippen LogP) is 2.54. The third-order valence-electron chi connectivity index (χ3n) is 4.91. The second-order valence-corrected chi connectivity index (χ2v) is 6.51. The smallest absolute Gasteiger partial charge is 0.191 e. The summed E-state index contributed by atoms with van der Waals surface area (Å²) < 4.78 is 11.1. The number of ether oxygens (including phenoxy) is 2. The van der Waals surface area contributed by atoms with Gasteiger partial charge in [0.1, 0.15) is 0 Å². The van der Waals surface area contributed by atoms with Crippen molar-refractivity contribution in [1.82, 2.24) is 10.6 Å². The second kappa shape index (κ2) is 15.0. The van der Waals surface area contributed by atoms with Crippen LogP contribution in [0.5, 0.6) is 0 Å². The van der Waals surface area contributed by atoms with Crippen molar-refractivity contribution in [1.29, 1.82) is 0 Å². The Morgan fingerprint density at radius 2 is 2.04 bits per heavy atom. The SMILES string of the molecule is CCNC(=NCC(CC)(CC)CCO)NCCCOC1CCOC1.I. The Morgan fingerprint density at radius 1 is 1.28 bits per heavy atom. The first-order chi connectivity index (χ1) is 11.7. The Balaban J connectivity index is 0.00000576. The molecule has 6 nitrogen and oxygen atoms in total. The van der Waals surface area contributed by atoms with E-state index in [1.165, 1.54) is 0 Å². The van der Waals surface area contributed by atoms with Crippen molar-refractivity contribution < 1.29 is 14.6 Å². The summed E-state index contributed by atoms with van der Waals surface area (Å²) >= 11 is 0. The largest absolute Gasteiger partial charge is 0.396 e. The molecule has 1 heterocycles. The Kier molecular flexibility index (Phi) is 14.9. The van der Waals surface area contributed by atoms with Crippen molar-refractivity contribution in [2.24, 2.45) is 10.4 Å². The summed E-state index contributed by atoms with van der Waals surface area (Å²) in [7, 11) is 0. The van der Waals surface area contributed by atoms with Gasteiger partial charge >= 0.3 is 0 Å². The zero-order valence-electron chi connectivity index (χ0n) is 16.2. The van der Waals surface area contributed by atoms with Crippen LogP contribution < -0.4 is 10.6 Å². The van der Waals surface area contributed by atoms with Gasteiger partial charge in [-0.2, -0.15) is 0 Å². The highest BCUT2D eigenvalue weighted by molar-refractivity contribution is 14.0. The molecular formula is C18H38IN3O3. The first-order valence-corrected chi connectivity index (χ1v) is 9.52. The fourth-order valence-corrected chi connectivity index (χ4v) is 2.91. The number of halogens is 1. The molecule has 7 heteroatoms. The molecule has 1 aliphatic rings. The number of nitrogens with one attached hydrogen (secondary N) is 2. The van der Waals surface area contributed by atoms with E-state index in [0.717, 1.165) is 77.5 Å². The molecule has 1 saturated heterocycles. The van der Waals surface area contributed by atoms with Crippen LogP contribution in [0.1, 0.15) is 52.9 Å². The lowest BCUT2D eigenvalue weighted by atomic mass is 9.79. The fourth-order valence-electron chi connectivity index (χ4n) is 2.91. The minimum atomic E-state index is 0. The molecule has 3 N–H and O–H groups in total. The van der Waals surface area contributed by atoms with Crippen LogP contribution in [-0.4, -0.2) is 63.2 Å². The standard InChI is InChI=1S/C18H37N3O3.HI/c1-4-18(5-2,9-11-22)15-21-17(19-6-3)20-10-7-12-24-16-8-13-23-14-16;/h16,22H,4-15H2,1-3H3,(H2,19,20,21);1H. The number of hydrogen-bond acceptors (Lipinski definition) is 4. The summed E-state index contributed by atoms with van der Waals surface area (Å²) in [5, 5.41) is 16.0. The molecule has 0 saturated carbocycles. The van der Waals surface area contributed by atoms with Gasteiger partial charge in [-0.25, -0.2) is 0 Å². The maximum absolute atomic E-state index is 9.32. The summed E-state index contributed by atoms with van der Waals surface area (Å²) in [6, 6.07) is 0. The molecule has 0 amide bonds. The van der Waals surface area contributed by atoms with E-state index < -0.39 is 0 Å². The zero-order chi connectivity index (χ0) is 17.7. The van der Waals surface area contributed by atoms with Crippen molar-refractivity contribution in [3.8, 4) is 0 Å². The third-order valence-corrected chi connectivity index (χ3v) is 4.91. The van der Waals surface area contributed by atoms with Crippen LogP contribution >= 0.6 is 24.0 Å². The van der Waals surface area contributed by atoms with E-state index in [1.54, 1.807) is 0 Å². The van der Waals surface area contributed by atoms with Crippen LogP contribution in [0.15, 0.2) is 4.99 Å². The van der Waals surface area contributed by atoms with Gasteiger partial charge in [0.25, 0.3) is 0 Å². The minimum Gasteiger partial charge on any atom is -0.396 e. The molecule has 0 aromatic heterocycles. The lowest BCUT2D eigenvalue weighted by Gasteiger charge is -2.29. The molecule has 1 rings (SSSR count). The highest BCUT2D eigenvalue weighted by atomic mass is 127. The molecule has 0 bridgehead atoms. The first-order valence-electron chi connectivity index (χ1n) is 9.52. The number of nitrogens with zero attached hydrogens (tertiary/aromatic N) is 1. The predicted molar refractivity (Wildman–Crippen MR) is 114 cm³/mol. The van der Waals surface area contributed by atoms with Crippen molar-refractivity contribution >= 4 is 29.9 Å². The summed E-state index contributed by atoms with van der Waals surface area (Å²) in [5.41, 5.74) is 0.0999. The van der Waals surface area contributed by atoms with Gasteiger partial charge < -0.3 is 25.2 Å². The lowest BCUT2D eigenvalue weighted by molar-refractivity contribution is 0.0420. The molecule has 150 valence electrons. The summed E-state index contributed by atoms with van der Waals surface area (Å²) in [6.07, 6.45) is 5.11. The van der Waals surface area contributed by atoms with Gasteiger partial charge in [0, 0.05) is 39.5 Å². The van der Waals surface area contributed by atoms with Gasteiger partial charge in [0.05, 0.1) is 12.7 Å². The van der Waals surface area contributed by atoms with Gasteiger partial charge in [-0.05, 0) is 44.4 Å². The maximum atomic E-state index is 9.32. The van der Waals surface area contributed by atoms with E-state index in [9.17, 15) is 5.11 Å². The Hall–Kier alpha value is -0.120. The average Bonchev–Trinajstić information content (AvgIpc) is 3.11. The van der Waals surface area contributed by atoms with Gasteiger partial charge in [-0.1, -0.05) is 13.8 Å². The second-order valence-electron chi connectivity index (χ2n) is 6.51. The van der Waals surface area contributed by atoms with Crippen LogP contribution in [0.25, 0.3) is 0 Å². The first kappa shape index (κ1) is 24.9. The fraction of sp³-hybridized carbons (Fsp3) is 0.944. The lowest BCUT2D eigenvalue weighted by Crippen LogP contribution is -2.39. The van der Waals surface area contributed by atoms with Crippen molar-refractivity contribution in [2.75, 3.05) is 46.1 Å². The Bertz CT molecular complexity index is 346. The maximum Gasteiger partial charge on any atom is 0.191 e. The quantitative estimate of drug-likeness (QED) is 0.177. The molecule has 25 heavy (non-hydrogen) atoms. The summed E-state index contributed by atoms with van der Waals surface area (Å²) in [4.78, 5) is 4.74. The monoisotopic (exact) mass is 471 g/mol. The van der Waals surface area contributed by atoms with Crippen LogP contribution in [0.4, 0.5) is 0 Å². The summed E-state index contributed by atoms with van der Waals surface area (Å²) in [5.74, 6) is 0.853. The Morgan fingerprint density at radius 3 is 2.60 bits per heavy atom. The zero-order valence-corrected chi connectivity index (χ0v) is 18.5. The van der Waals surface area contributed by atoms with Crippen LogP contribution in [-0.2, 0) is 9.47 Å². The van der Waals surface area contributed by atoms with E-state index in [1.807, 2.05) is 0 Å². The molecule has 1 fully saturated rings. The van der Waals surface area contributed by atoms with Gasteiger partial charge in [0.2, 0.25) is 0 Å². The molecule has 0 spiro atoms. The number of aliphatic imine (C=N–C) groups is 1. The molecule has 0 aromatic rings. The van der Waals surface area contributed by atoms with E-state index in [0.29, 0.717) is 0 Å². The van der Waals surface area contributed by atoms with Gasteiger partial charge in [-0.15, -0.1) is 24.0 Å². The number of guanidine groups is 1. The Labute approximate surface area is 170 Å². The molecule has 0 aliphatic carbocycles. The molecule has 0 radical (unpaired) electrons. The van der Waals surface area contributed by atoms with E-state index in [-0.39, 0.29) is 42.1 Å². The topological polar surface area (TPSA) is 75.1 Å². The van der Waals surface area contributed by atoms with Crippen LogP contribution in [0.3, 0.4) is 0 Å². The van der Waals surface area contributed by atoms with Crippen LogP contribution in [0.2, 0.25) is 0 Å². The van der Waals surface area contributed by atoms with Gasteiger partial charge in [0.15, 0.2) is 5.96 Å². The molecule has 1 atom stereocenters.